The summed E-state index contributed by atoms with van der Waals surface area (Å²) in [6, 6.07) is 6.67. The summed E-state index contributed by atoms with van der Waals surface area (Å²) in [5.74, 6) is 0. The minimum Gasteiger partial charge on any atom is -0.0990 e. The molecule has 0 atom stereocenters. The van der Waals surface area contributed by atoms with Gasteiger partial charge < -0.3 is 0 Å². The lowest BCUT2D eigenvalue weighted by molar-refractivity contribution is 1.24. The number of aryl methyl sites for hydroxylation is 1. The van der Waals surface area contributed by atoms with Crippen LogP contribution in [0.1, 0.15) is 23.6 Å². The normalized spacial score (nSPS) is 19.6. The molecule has 0 heteroatoms. The molecule has 15 heavy (non-hydrogen) atoms. The van der Waals surface area contributed by atoms with E-state index in [9.17, 15) is 0 Å². The highest BCUT2D eigenvalue weighted by Crippen LogP contribution is 2.36. The number of fused-ring (bicyclic) bond motifs is 1. The molecule has 1 aliphatic carbocycles. The first-order valence-electron chi connectivity index (χ1n) is 5.34. The molecule has 1 aromatic carbocycles. The van der Waals surface area contributed by atoms with Gasteiger partial charge in [0.15, 0.2) is 0 Å². The van der Waals surface area contributed by atoms with Crippen molar-refractivity contribution in [1.29, 1.82) is 0 Å². The lowest BCUT2D eigenvalue weighted by Gasteiger charge is -2.01. The number of hydrogen-bond acceptors (Lipinski definition) is 0. The fraction of sp³-hybridized carbons (Fsp3) is 0.200. The fourth-order valence-corrected chi connectivity index (χ4v) is 2.18. The Hall–Kier alpha value is -1.56. The van der Waals surface area contributed by atoms with E-state index in [1.165, 1.54) is 27.8 Å². The summed E-state index contributed by atoms with van der Waals surface area (Å²) in [5.41, 5.74) is 6.90. The van der Waals surface area contributed by atoms with E-state index >= 15 is 0 Å². The zero-order chi connectivity index (χ0) is 10.8. The molecular formula is C15H16. The van der Waals surface area contributed by atoms with E-state index in [1.54, 1.807) is 0 Å². The first-order chi connectivity index (χ1) is 7.26. The van der Waals surface area contributed by atoms with Crippen LogP contribution < -0.4 is 0 Å². The van der Waals surface area contributed by atoms with E-state index < -0.39 is 0 Å². The Balaban J connectivity index is 2.59. The number of benzene rings is 1. The van der Waals surface area contributed by atoms with Crippen LogP contribution in [0, 0.1) is 6.92 Å². The minimum absolute atomic E-state index is 1.06. The van der Waals surface area contributed by atoms with Gasteiger partial charge in [0.2, 0.25) is 0 Å². The molecular weight excluding hydrogens is 180 g/mol. The second-order valence-corrected chi connectivity index (χ2v) is 3.97. The maximum atomic E-state index is 3.78. The number of hydrogen-bond donors (Lipinski definition) is 0. The Morgan fingerprint density at radius 2 is 2.13 bits per heavy atom. The summed E-state index contributed by atoms with van der Waals surface area (Å²) in [7, 11) is 0. The van der Waals surface area contributed by atoms with Gasteiger partial charge in [-0.05, 0) is 42.5 Å². The Kier molecular flexibility index (Phi) is 2.59. The summed E-state index contributed by atoms with van der Waals surface area (Å²) in [4.78, 5) is 0. The van der Waals surface area contributed by atoms with Crippen molar-refractivity contribution >= 4 is 5.57 Å². The van der Waals surface area contributed by atoms with Crippen LogP contribution in [0.5, 0.6) is 0 Å². The van der Waals surface area contributed by atoms with E-state index in [-0.39, 0.29) is 0 Å². The van der Waals surface area contributed by atoms with E-state index in [1.807, 2.05) is 6.08 Å². The highest BCUT2D eigenvalue weighted by Gasteiger charge is 2.19. The smallest absolute Gasteiger partial charge is 0.00166 e. The van der Waals surface area contributed by atoms with E-state index in [2.05, 4.69) is 50.8 Å². The third-order valence-electron chi connectivity index (χ3n) is 2.91. The molecule has 0 nitrogen and oxygen atoms in total. The van der Waals surface area contributed by atoms with E-state index in [0.717, 1.165) is 6.42 Å². The first-order valence-corrected chi connectivity index (χ1v) is 5.34. The van der Waals surface area contributed by atoms with Gasteiger partial charge in [-0.1, -0.05) is 48.6 Å². The summed E-state index contributed by atoms with van der Waals surface area (Å²) >= 11 is 0. The highest BCUT2D eigenvalue weighted by atomic mass is 14.2. The van der Waals surface area contributed by atoms with Crippen molar-refractivity contribution in [3.63, 3.8) is 0 Å². The van der Waals surface area contributed by atoms with Crippen LogP contribution in [0.25, 0.3) is 5.57 Å². The molecule has 0 heterocycles. The Morgan fingerprint density at radius 1 is 1.33 bits per heavy atom. The Bertz CT molecular complexity index is 459. The summed E-state index contributed by atoms with van der Waals surface area (Å²) < 4.78 is 0. The van der Waals surface area contributed by atoms with Gasteiger partial charge in [-0.15, -0.1) is 0 Å². The van der Waals surface area contributed by atoms with Crippen molar-refractivity contribution < 1.29 is 0 Å². The maximum Gasteiger partial charge on any atom is -0.00166 e. The fourth-order valence-electron chi connectivity index (χ4n) is 2.18. The lowest BCUT2D eigenvalue weighted by Crippen LogP contribution is -1.81. The minimum atomic E-state index is 1.06. The van der Waals surface area contributed by atoms with Gasteiger partial charge in [0.1, 0.15) is 0 Å². The van der Waals surface area contributed by atoms with Gasteiger partial charge >= 0.3 is 0 Å². The average Bonchev–Trinajstić information content (AvgIpc) is 2.56. The predicted octanol–water partition coefficient (Wildman–Crippen LogP) is 4.07. The van der Waals surface area contributed by atoms with Gasteiger partial charge in [0, 0.05) is 0 Å². The van der Waals surface area contributed by atoms with Crippen molar-refractivity contribution in [3.8, 4) is 0 Å². The molecule has 0 bridgehead atoms. The second kappa shape index (κ2) is 3.90. The SMILES string of the molecule is C=C/C=C1\C(=C/C)Cc2cc(C)ccc21. The molecule has 0 radical (unpaired) electrons. The van der Waals surface area contributed by atoms with Gasteiger partial charge in [0.05, 0.1) is 0 Å². The molecule has 2 rings (SSSR count). The van der Waals surface area contributed by atoms with Crippen molar-refractivity contribution in [3.05, 3.63) is 65.3 Å². The monoisotopic (exact) mass is 196 g/mol. The summed E-state index contributed by atoms with van der Waals surface area (Å²) in [6.07, 6.45) is 7.24. The molecule has 0 fully saturated rings. The molecule has 76 valence electrons. The number of rotatable bonds is 1. The zero-order valence-electron chi connectivity index (χ0n) is 9.38. The van der Waals surface area contributed by atoms with Crippen LogP contribution >= 0.6 is 0 Å². The molecule has 0 unspecified atom stereocenters. The van der Waals surface area contributed by atoms with E-state index in [4.69, 9.17) is 0 Å². The predicted molar refractivity (Wildman–Crippen MR) is 66.8 cm³/mol. The van der Waals surface area contributed by atoms with Gasteiger partial charge in [-0.25, -0.2) is 0 Å². The first kappa shape index (κ1) is 9.97. The Labute approximate surface area is 91.6 Å². The highest BCUT2D eigenvalue weighted by molar-refractivity contribution is 5.86. The third-order valence-corrected chi connectivity index (χ3v) is 2.91. The molecule has 0 amide bonds. The van der Waals surface area contributed by atoms with Crippen LogP contribution in [0.4, 0.5) is 0 Å². The molecule has 1 aliphatic rings. The van der Waals surface area contributed by atoms with Gasteiger partial charge in [-0.3, -0.25) is 0 Å². The van der Waals surface area contributed by atoms with Crippen molar-refractivity contribution in [2.75, 3.05) is 0 Å². The quantitative estimate of drug-likeness (QED) is 0.635. The average molecular weight is 196 g/mol. The van der Waals surface area contributed by atoms with Crippen molar-refractivity contribution in [2.45, 2.75) is 20.3 Å². The van der Waals surface area contributed by atoms with Crippen LogP contribution in [0.2, 0.25) is 0 Å². The standard InChI is InChI=1S/C15H16/c1-4-6-14-12(5-2)10-13-9-11(3)7-8-15(13)14/h4-9H,1,10H2,2-3H3/b12-5-,14-6+. The van der Waals surface area contributed by atoms with Gasteiger partial charge in [0.25, 0.3) is 0 Å². The molecule has 0 saturated carbocycles. The molecule has 0 saturated heterocycles. The van der Waals surface area contributed by atoms with Crippen molar-refractivity contribution in [2.24, 2.45) is 0 Å². The van der Waals surface area contributed by atoms with Crippen LogP contribution in [-0.4, -0.2) is 0 Å². The van der Waals surface area contributed by atoms with Crippen LogP contribution in [-0.2, 0) is 6.42 Å². The molecule has 1 aromatic rings. The Morgan fingerprint density at radius 3 is 2.80 bits per heavy atom. The summed E-state index contributed by atoms with van der Waals surface area (Å²) in [6.45, 7) is 8.03. The number of allylic oxidation sites excluding steroid dienone is 5. The maximum absolute atomic E-state index is 3.78. The summed E-state index contributed by atoms with van der Waals surface area (Å²) in [5, 5.41) is 0. The molecule has 0 aliphatic heterocycles. The molecule has 0 aromatic heterocycles. The molecule has 0 spiro atoms. The van der Waals surface area contributed by atoms with Crippen LogP contribution in [0.3, 0.4) is 0 Å². The van der Waals surface area contributed by atoms with Crippen LogP contribution in [0.15, 0.2) is 48.6 Å². The molecule has 0 N–H and O–H groups in total. The van der Waals surface area contributed by atoms with Gasteiger partial charge in [-0.2, -0.15) is 0 Å². The zero-order valence-corrected chi connectivity index (χ0v) is 9.38. The third kappa shape index (κ3) is 1.68. The largest absolute Gasteiger partial charge is 0.0990 e. The lowest BCUT2D eigenvalue weighted by atomic mass is 10.0. The second-order valence-electron chi connectivity index (χ2n) is 3.97. The van der Waals surface area contributed by atoms with E-state index in [0.29, 0.717) is 0 Å². The van der Waals surface area contributed by atoms with Crippen molar-refractivity contribution in [1.82, 2.24) is 0 Å². The topological polar surface area (TPSA) is 0 Å².